The summed E-state index contributed by atoms with van der Waals surface area (Å²) in [5, 5.41) is 16.5. The minimum atomic E-state index is -5.08. The third-order valence-electron chi connectivity index (χ3n) is 4.41. The Bertz CT molecular complexity index is 950. The molecule has 0 aliphatic carbocycles. The third kappa shape index (κ3) is 11.2. The zero-order valence-electron chi connectivity index (χ0n) is 17.9. The second kappa shape index (κ2) is 13.7. The molecule has 2 aromatic carbocycles. The van der Waals surface area contributed by atoms with Gasteiger partial charge in [0.2, 0.25) is 0 Å². The fourth-order valence-corrected chi connectivity index (χ4v) is 2.62. The van der Waals surface area contributed by atoms with Crippen LogP contribution in [0.15, 0.2) is 60.7 Å². The number of hydrogen-bond donors (Lipinski definition) is 3. The van der Waals surface area contributed by atoms with Gasteiger partial charge in [-0.2, -0.15) is 13.2 Å². The Hall–Kier alpha value is -3.73. The third-order valence-corrected chi connectivity index (χ3v) is 4.41. The first kappa shape index (κ1) is 28.3. The molecule has 0 heterocycles. The summed E-state index contributed by atoms with van der Waals surface area (Å²) in [6.45, 7) is 0.0630. The molecule has 0 fully saturated rings. The number of ketones is 1. The van der Waals surface area contributed by atoms with Gasteiger partial charge in [-0.3, -0.25) is 14.4 Å². The Balaban J connectivity index is 0.000000718. The second-order valence-electron chi connectivity index (χ2n) is 7.16. The predicted molar refractivity (Wildman–Crippen MR) is 113 cm³/mol. The number of alkyl halides is 3. The summed E-state index contributed by atoms with van der Waals surface area (Å²) in [5.41, 5.74) is 7.60. The van der Waals surface area contributed by atoms with Crippen molar-refractivity contribution in [2.75, 3.05) is 0 Å². The van der Waals surface area contributed by atoms with Gasteiger partial charge in [-0.25, -0.2) is 4.79 Å². The van der Waals surface area contributed by atoms with Crippen LogP contribution in [0.25, 0.3) is 0 Å². The van der Waals surface area contributed by atoms with Crippen molar-refractivity contribution in [3.63, 3.8) is 0 Å². The zero-order chi connectivity index (χ0) is 25.7. The van der Waals surface area contributed by atoms with Crippen molar-refractivity contribution < 1.29 is 47.3 Å². The van der Waals surface area contributed by atoms with E-state index in [0.29, 0.717) is 6.42 Å². The van der Waals surface area contributed by atoms with E-state index in [0.717, 1.165) is 11.1 Å². The first-order valence-electron chi connectivity index (χ1n) is 9.94. The summed E-state index contributed by atoms with van der Waals surface area (Å²) in [7, 11) is 0. The Kier molecular flexibility index (Phi) is 11.4. The summed E-state index contributed by atoms with van der Waals surface area (Å²) >= 11 is 0. The summed E-state index contributed by atoms with van der Waals surface area (Å²) < 4.78 is 36.8. The molecule has 11 heteroatoms. The van der Waals surface area contributed by atoms with Crippen LogP contribution in [0.3, 0.4) is 0 Å². The summed E-state index contributed by atoms with van der Waals surface area (Å²) in [6.07, 6.45) is -5.43. The van der Waals surface area contributed by atoms with Gasteiger partial charge >= 0.3 is 24.1 Å². The Morgan fingerprint density at radius 2 is 1.32 bits per heavy atom. The summed E-state index contributed by atoms with van der Waals surface area (Å²) in [6, 6.07) is 17.5. The van der Waals surface area contributed by atoms with Gasteiger partial charge in [0, 0.05) is 6.42 Å². The number of hydrogen-bond acceptors (Lipinski definition) is 6. The topological polar surface area (TPSA) is 144 Å². The highest BCUT2D eigenvalue weighted by atomic mass is 19.4. The molecule has 0 saturated heterocycles. The second-order valence-corrected chi connectivity index (χ2v) is 7.16. The number of carboxylic acid groups (broad SMARTS) is 2. The fraction of sp³-hybridized carbons (Fsp3) is 0.304. The molecule has 2 atom stereocenters. The SMILES string of the molecule is N[C@@H](Cc1ccccc1)C(=O)C[C@@H](CC(=O)OCc1ccccc1)C(=O)O.O=C(O)C(F)(F)F. The van der Waals surface area contributed by atoms with Crippen LogP contribution in [0.2, 0.25) is 0 Å². The number of nitrogens with two attached hydrogens (primary N) is 1. The molecular formula is C23H24F3NO7. The van der Waals surface area contributed by atoms with E-state index in [4.69, 9.17) is 20.4 Å². The first-order chi connectivity index (χ1) is 15.9. The number of rotatable bonds is 10. The fourth-order valence-electron chi connectivity index (χ4n) is 2.62. The lowest BCUT2D eigenvalue weighted by Crippen LogP contribution is -2.35. The molecule has 2 rings (SSSR count). The molecule has 0 amide bonds. The van der Waals surface area contributed by atoms with Crippen molar-refractivity contribution >= 4 is 23.7 Å². The average molecular weight is 483 g/mol. The number of esters is 1. The van der Waals surface area contributed by atoms with Crippen molar-refractivity contribution in [1.82, 2.24) is 0 Å². The number of halogens is 3. The van der Waals surface area contributed by atoms with Crippen LogP contribution in [-0.4, -0.2) is 46.1 Å². The highest BCUT2D eigenvalue weighted by molar-refractivity contribution is 5.89. The van der Waals surface area contributed by atoms with Crippen LogP contribution in [0.5, 0.6) is 0 Å². The molecule has 184 valence electrons. The smallest absolute Gasteiger partial charge is 0.481 e. The highest BCUT2D eigenvalue weighted by Crippen LogP contribution is 2.15. The Morgan fingerprint density at radius 1 is 0.853 bits per heavy atom. The molecule has 0 saturated carbocycles. The molecule has 0 spiro atoms. The van der Waals surface area contributed by atoms with Crippen molar-refractivity contribution in [2.45, 2.75) is 38.1 Å². The lowest BCUT2D eigenvalue weighted by molar-refractivity contribution is -0.192. The van der Waals surface area contributed by atoms with Gasteiger partial charge in [-0.15, -0.1) is 0 Å². The van der Waals surface area contributed by atoms with Gasteiger partial charge in [-0.1, -0.05) is 60.7 Å². The Labute approximate surface area is 193 Å². The van der Waals surface area contributed by atoms with E-state index in [1.165, 1.54) is 0 Å². The molecule has 0 radical (unpaired) electrons. The largest absolute Gasteiger partial charge is 0.490 e. The zero-order valence-corrected chi connectivity index (χ0v) is 17.9. The molecule has 0 bridgehead atoms. The Morgan fingerprint density at radius 3 is 1.76 bits per heavy atom. The number of Topliss-reactive ketones (excluding diaryl/α,β-unsaturated/α-hetero) is 1. The molecule has 34 heavy (non-hydrogen) atoms. The van der Waals surface area contributed by atoms with E-state index in [1.807, 2.05) is 48.5 Å². The summed E-state index contributed by atoms with van der Waals surface area (Å²) in [4.78, 5) is 44.5. The van der Waals surface area contributed by atoms with E-state index in [9.17, 15) is 32.7 Å². The quantitative estimate of drug-likeness (QED) is 0.438. The van der Waals surface area contributed by atoms with Crippen LogP contribution in [0, 0.1) is 5.92 Å². The van der Waals surface area contributed by atoms with Gasteiger partial charge in [0.05, 0.1) is 18.4 Å². The van der Waals surface area contributed by atoms with Gasteiger partial charge in [-0.05, 0) is 17.5 Å². The number of carbonyl (C=O) groups is 4. The number of carbonyl (C=O) groups excluding carboxylic acids is 2. The molecule has 0 aromatic heterocycles. The lowest BCUT2D eigenvalue weighted by atomic mass is 9.93. The van der Waals surface area contributed by atoms with E-state index in [2.05, 4.69) is 0 Å². The van der Waals surface area contributed by atoms with Crippen molar-refractivity contribution in [2.24, 2.45) is 11.7 Å². The molecule has 2 aromatic rings. The van der Waals surface area contributed by atoms with E-state index in [-0.39, 0.29) is 25.2 Å². The predicted octanol–water partition coefficient (Wildman–Crippen LogP) is 2.98. The van der Waals surface area contributed by atoms with Crippen LogP contribution in [0.4, 0.5) is 13.2 Å². The minimum Gasteiger partial charge on any atom is -0.481 e. The maximum absolute atomic E-state index is 12.3. The molecule has 8 nitrogen and oxygen atoms in total. The van der Waals surface area contributed by atoms with Crippen LogP contribution < -0.4 is 5.73 Å². The highest BCUT2D eigenvalue weighted by Gasteiger charge is 2.38. The monoisotopic (exact) mass is 483 g/mol. The molecule has 0 unspecified atom stereocenters. The van der Waals surface area contributed by atoms with Crippen molar-refractivity contribution in [3.05, 3.63) is 71.8 Å². The van der Waals surface area contributed by atoms with E-state index >= 15 is 0 Å². The number of ether oxygens (including phenoxy) is 1. The van der Waals surface area contributed by atoms with E-state index in [1.54, 1.807) is 12.1 Å². The van der Waals surface area contributed by atoms with Gasteiger partial charge in [0.15, 0.2) is 5.78 Å². The molecule has 0 aliphatic rings. The molecule has 0 aliphatic heterocycles. The van der Waals surface area contributed by atoms with Crippen molar-refractivity contribution in [1.29, 1.82) is 0 Å². The van der Waals surface area contributed by atoms with Crippen molar-refractivity contribution in [3.8, 4) is 0 Å². The summed E-state index contributed by atoms with van der Waals surface area (Å²) in [5.74, 6) is -6.17. The number of aliphatic carboxylic acids is 2. The number of benzene rings is 2. The van der Waals surface area contributed by atoms with Crippen LogP contribution >= 0.6 is 0 Å². The van der Waals surface area contributed by atoms with Crippen LogP contribution in [-0.2, 0) is 36.9 Å². The van der Waals surface area contributed by atoms with Gasteiger partial charge < -0.3 is 20.7 Å². The average Bonchev–Trinajstić information content (AvgIpc) is 2.78. The van der Waals surface area contributed by atoms with Gasteiger partial charge in [0.25, 0.3) is 0 Å². The van der Waals surface area contributed by atoms with Crippen LogP contribution in [0.1, 0.15) is 24.0 Å². The van der Waals surface area contributed by atoms with Gasteiger partial charge in [0.1, 0.15) is 6.61 Å². The maximum Gasteiger partial charge on any atom is 0.490 e. The molecular weight excluding hydrogens is 459 g/mol. The number of carboxylic acids is 2. The maximum atomic E-state index is 12.3. The van der Waals surface area contributed by atoms with E-state index < -0.39 is 36.0 Å². The lowest BCUT2D eigenvalue weighted by Gasteiger charge is -2.15. The molecule has 4 N–H and O–H groups in total. The first-order valence-corrected chi connectivity index (χ1v) is 9.94. The minimum absolute atomic E-state index is 0.0630. The standard InChI is InChI=1S/C21H23NO5.C2HF3O2/c22-18(11-15-7-3-1-4-8-15)19(23)12-17(21(25)26)13-20(24)27-14-16-9-5-2-6-10-16;3-2(4,5)1(6)7/h1-10,17-18H,11-14,22H2,(H,25,26);(H,6,7)/t17-,18-;/m0./s1. The normalized spacial score (nSPS) is 12.5.